The Kier molecular flexibility index (Phi) is 5.62. The van der Waals surface area contributed by atoms with Crippen molar-refractivity contribution in [1.82, 2.24) is 4.90 Å². The normalized spacial score (nSPS) is 16.3. The first-order valence-corrected chi connectivity index (χ1v) is 7.84. The molecule has 2 rings (SSSR count). The zero-order valence-corrected chi connectivity index (χ0v) is 13.3. The van der Waals surface area contributed by atoms with Crippen LogP contribution in [0, 0.1) is 5.92 Å². The molecule has 1 heterocycles. The molecule has 0 bridgehead atoms. The predicted octanol–water partition coefficient (Wildman–Crippen LogP) is 2.64. The van der Waals surface area contributed by atoms with Crippen LogP contribution >= 0.6 is 0 Å². The third-order valence-corrected chi connectivity index (χ3v) is 3.74. The van der Waals surface area contributed by atoms with E-state index in [0.29, 0.717) is 12.2 Å². The molecule has 1 aliphatic rings. The van der Waals surface area contributed by atoms with Crippen molar-refractivity contribution in [3.05, 3.63) is 29.8 Å². The highest BCUT2D eigenvalue weighted by atomic mass is 16.5. The highest BCUT2D eigenvalue weighted by Gasteiger charge is 2.18. The van der Waals surface area contributed by atoms with Crippen LogP contribution in [0.4, 0.5) is 5.69 Å². The molecule has 0 saturated carbocycles. The van der Waals surface area contributed by atoms with Crippen LogP contribution < -0.4 is 4.90 Å². The second-order valence-corrected chi connectivity index (χ2v) is 5.95. The molecule has 0 atom stereocenters. The van der Waals surface area contributed by atoms with E-state index in [0.717, 1.165) is 32.1 Å². The number of hydrogen-bond donors (Lipinski definition) is 0. The molecule has 4 nitrogen and oxygen atoms in total. The number of piperazine rings is 1. The highest BCUT2D eigenvalue weighted by molar-refractivity contribution is 5.89. The largest absolute Gasteiger partial charge is 0.462 e. The Hall–Kier alpha value is -1.55. The first kappa shape index (κ1) is 15.8. The summed E-state index contributed by atoms with van der Waals surface area (Å²) in [4.78, 5) is 16.5. The second kappa shape index (κ2) is 7.46. The van der Waals surface area contributed by atoms with Crippen LogP contribution in [0.2, 0.25) is 0 Å². The zero-order valence-electron chi connectivity index (χ0n) is 13.3. The van der Waals surface area contributed by atoms with Gasteiger partial charge in [-0.05, 0) is 37.1 Å². The molecular weight excluding hydrogens is 264 g/mol. The van der Waals surface area contributed by atoms with Gasteiger partial charge in [0.1, 0.15) is 0 Å². The van der Waals surface area contributed by atoms with Crippen molar-refractivity contribution in [3.8, 4) is 0 Å². The van der Waals surface area contributed by atoms with Crippen LogP contribution in [-0.4, -0.2) is 50.2 Å². The number of carbonyl (C=O) groups excluding carboxylic acids is 1. The summed E-state index contributed by atoms with van der Waals surface area (Å²) in [6.45, 7) is 12.3. The number of anilines is 1. The minimum absolute atomic E-state index is 0.245. The maximum Gasteiger partial charge on any atom is 0.338 e. The van der Waals surface area contributed by atoms with Crippen molar-refractivity contribution >= 4 is 11.7 Å². The minimum Gasteiger partial charge on any atom is -0.462 e. The molecule has 1 aliphatic heterocycles. The quantitative estimate of drug-likeness (QED) is 0.781. The number of hydrogen-bond acceptors (Lipinski definition) is 4. The van der Waals surface area contributed by atoms with Gasteiger partial charge in [-0.25, -0.2) is 4.79 Å². The Morgan fingerprint density at radius 1 is 1.14 bits per heavy atom. The Bertz CT molecular complexity index is 448. The lowest BCUT2D eigenvalue weighted by Gasteiger charge is -2.36. The van der Waals surface area contributed by atoms with Gasteiger partial charge in [0.2, 0.25) is 0 Å². The lowest BCUT2D eigenvalue weighted by molar-refractivity contribution is 0.0526. The topological polar surface area (TPSA) is 32.8 Å². The molecule has 0 spiro atoms. The summed E-state index contributed by atoms with van der Waals surface area (Å²) in [6.07, 6.45) is 0. The SMILES string of the molecule is CCOC(=O)c1ccc(N2CCN(CC(C)C)CC2)cc1. The first-order valence-electron chi connectivity index (χ1n) is 7.84. The first-order chi connectivity index (χ1) is 10.1. The molecule has 0 aromatic heterocycles. The highest BCUT2D eigenvalue weighted by Crippen LogP contribution is 2.18. The van der Waals surface area contributed by atoms with E-state index in [1.807, 2.05) is 31.2 Å². The number of carbonyl (C=O) groups is 1. The zero-order chi connectivity index (χ0) is 15.2. The molecular formula is C17H26N2O2. The van der Waals surface area contributed by atoms with E-state index in [1.54, 1.807) is 0 Å². The van der Waals surface area contributed by atoms with Gasteiger partial charge in [-0.15, -0.1) is 0 Å². The second-order valence-electron chi connectivity index (χ2n) is 5.95. The van der Waals surface area contributed by atoms with E-state index in [2.05, 4.69) is 23.6 Å². The molecule has 0 N–H and O–H groups in total. The van der Waals surface area contributed by atoms with Crippen molar-refractivity contribution in [3.63, 3.8) is 0 Å². The summed E-state index contributed by atoms with van der Waals surface area (Å²) in [5.41, 5.74) is 1.81. The number of rotatable bonds is 5. The van der Waals surface area contributed by atoms with Gasteiger partial charge in [-0.3, -0.25) is 4.90 Å². The Morgan fingerprint density at radius 2 is 1.76 bits per heavy atom. The molecule has 1 aromatic rings. The molecule has 0 aliphatic carbocycles. The van der Waals surface area contributed by atoms with Crippen LogP contribution in [0.5, 0.6) is 0 Å². The molecule has 1 aromatic carbocycles. The van der Waals surface area contributed by atoms with Gasteiger partial charge >= 0.3 is 5.97 Å². The lowest BCUT2D eigenvalue weighted by atomic mass is 10.1. The molecule has 4 heteroatoms. The fourth-order valence-corrected chi connectivity index (χ4v) is 2.73. The van der Waals surface area contributed by atoms with Gasteiger partial charge in [0.15, 0.2) is 0 Å². The molecule has 1 saturated heterocycles. The van der Waals surface area contributed by atoms with E-state index in [-0.39, 0.29) is 5.97 Å². The molecule has 0 unspecified atom stereocenters. The van der Waals surface area contributed by atoms with Crippen molar-refractivity contribution in [2.75, 3.05) is 44.2 Å². The molecule has 116 valence electrons. The van der Waals surface area contributed by atoms with Gasteiger partial charge in [0.25, 0.3) is 0 Å². The summed E-state index contributed by atoms with van der Waals surface area (Å²) in [5, 5.41) is 0. The Balaban J connectivity index is 1.90. The average molecular weight is 290 g/mol. The Morgan fingerprint density at radius 3 is 2.29 bits per heavy atom. The third kappa shape index (κ3) is 4.46. The van der Waals surface area contributed by atoms with Crippen LogP contribution in [0.15, 0.2) is 24.3 Å². The number of esters is 1. The number of benzene rings is 1. The van der Waals surface area contributed by atoms with Crippen molar-refractivity contribution in [1.29, 1.82) is 0 Å². The maximum atomic E-state index is 11.6. The number of nitrogens with zero attached hydrogens (tertiary/aromatic N) is 2. The van der Waals surface area contributed by atoms with Crippen molar-refractivity contribution in [2.24, 2.45) is 5.92 Å². The van der Waals surface area contributed by atoms with Crippen LogP contribution in [0.1, 0.15) is 31.1 Å². The maximum absolute atomic E-state index is 11.6. The molecule has 0 radical (unpaired) electrons. The van der Waals surface area contributed by atoms with Gasteiger partial charge in [-0.1, -0.05) is 13.8 Å². The van der Waals surface area contributed by atoms with Crippen LogP contribution in [-0.2, 0) is 4.74 Å². The van der Waals surface area contributed by atoms with Crippen molar-refractivity contribution < 1.29 is 9.53 Å². The summed E-state index contributed by atoms with van der Waals surface area (Å²) >= 11 is 0. The monoisotopic (exact) mass is 290 g/mol. The van der Waals surface area contributed by atoms with Crippen LogP contribution in [0.3, 0.4) is 0 Å². The van der Waals surface area contributed by atoms with E-state index in [9.17, 15) is 4.79 Å². The summed E-state index contributed by atoms with van der Waals surface area (Å²) < 4.78 is 5.01. The average Bonchev–Trinajstić information content (AvgIpc) is 2.48. The fourth-order valence-electron chi connectivity index (χ4n) is 2.73. The van der Waals surface area contributed by atoms with E-state index in [1.165, 1.54) is 12.2 Å². The number of ether oxygens (including phenoxy) is 1. The van der Waals surface area contributed by atoms with E-state index < -0.39 is 0 Å². The smallest absolute Gasteiger partial charge is 0.338 e. The van der Waals surface area contributed by atoms with Gasteiger partial charge in [0, 0.05) is 38.4 Å². The van der Waals surface area contributed by atoms with Gasteiger partial charge < -0.3 is 9.64 Å². The van der Waals surface area contributed by atoms with Crippen molar-refractivity contribution in [2.45, 2.75) is 20.8 Å². The summed E-state index contributed by atoms with van der Waals surface area (Å²) in [7, 11) is 0. The molecule has 1 fully saturated rings. The van der Waals surface area contributed by atoms with E-state index >= 15 is 0 Å². The summed E-state index contributed by atoms with van der Waals surface area (Å²) in [5.74, 6) is 0.478. The van der Waals surface area contributed by atoms with Gasteiger partial charge in [0.05, 0.1) is 12.2 Å². The van der Waals surface area contributed by atoms with E-state index in [4.69, 9.17) is 4.74 Å². The minimum atomic E-state index is -0.245. The Labute approximate surface area is 127 Å². The predicted molar refractivity (Wildman–Crippen MR) is 85.9 cm³/mol. The van der Waals surface area contributed by atoms with Gasteiger partial charge in [-0.2, -0.15) is 0 Å². The molecule has 21 heavy (non-hydrogen) atoms. The third-order valence-electron chi connectivity index (χ3n) is 3.74. The fraction of sp³-hybridized carbons (Fsp3) is 0.588. The van der Waals surface area contributed by atoms with Crippen LogP contribution in [0.25, 0.3) is 0 Å². The standard InChI is InChI=1S/C17H26N2O2/c1-4-21-17(20)15-5-7-16(8-6-15)19-11-9-18(10-12-19)13-14(2)3/h5-8,14H,4,9-13H2,1-3H3. The summed E-state index contributed by atoms with van der Waals surface area (Å²) in [6, 6.07) is 7.75. The molecule has 0 amide bonds. The lowest BCUT2D eigenvalue weighted by Crippen LogP contribution is -2.47.